The Balaban J connectivity index is 1.97. The summed E-state index contributed by atoms with van der Waals surface area (Å²) in [6.45, 7) is 0. The van der Waals surface area contributed by atoms with E-state index in [1.807, 2.05) is 18.2 Å². The number of hydrogen-bond acceptors (Lipinski definition) is 3. The summed E-state index contributed by atoms with van der Waals surface area (Å²) in [4.78, 5) is 21.6. The molecule has 0 aliphatic rings. The third kappa shape index (κ3) is 3.53. The van der Waals surface area contributed by atoms with E-state index in [0.717, 1.165) is 0 Å². The Bertz CT molecular complexity index is 582. The van der Waals surface area contributed by atoms with Crippen LogP contribution in [0.1, 0.15) is 0 Å². The number of hydrogen-bond donors (Lipinski definition) is 2. The molecule has 0 saturated carbocycles. The number of amides is 2. The molecule has 6 heteroatoms. The fraction of sp³-hybridized carbons (Fsp3) is 0. The fourth-order valence-electron chi connectivity index (χ4n) is 1.48. The molecule has 6 nitrogen and oxygen atoms in total. The number of nitro groups is 1. The van der Waals surface area contributed by atoms with Crippen LogP contribution in [0.3, 0.4) is 0 Å². The molecule has 2 aromatic carbocycles. The largest absolute Gasteiger partial charge is 0.323 e. The van der Waals surface area contributed by atoms with E-state index in [2.05, 4.69) is 10.6 Å². The Hall–Kier alpha value is -2.89. The molecule has 0 aliphatic heterocycles. The number of rotatable bonds is 3. The van der Waals surface area contributed by atoms with Crippen LogP contribution in [0.4, 0.5) is 21.9 Å². The number of para-hydroxylation sites is 1. The maximum absolute atomic E-state index is 11.6. The fourth-order valence-corrected chi connectivity index (χ4v) is 1.48. The van der Waals surface area contributed by atoms with Gasteiger partial charge in [0.15, 0.2) is 0 Å². The zero-order valence-electron chi connectivity index (χ0n) is 9.87. The van der Waals surface area contributed by atoms with E-state index < -0.39 is 11.0 Å². The van der Waals surface area contributed by atoms with Crippen molar-refractivity contribution in [3.8, 4) is 0 Å². The first-order chi connectivity index (χ1) is 9.15. The van der Waals surface area contributed by atoms with Crippen LogP contribution in [-0.4, -0.2) is 11.0 Å². The molecule has 2 N–H and O–H groups in total. The normalized spacial score (nSPS) is 9.68. The molecule has 0 aromatic heterocycles. The number of anilines is 2. The summed E-state index contributed by atoms with van der Waals surface area (Å²) in [5.41, 5.74) is 1.13. The third-order valence-corrected chi connectivity index (χ3v) is 2.37. The second-order valence-corrected chi connectivity index (χ2v) is 3.75. The van der Waals surface area contributed by atoms with Crippen molar-refractivity contribution in [1.29, 1.82) is 0 Å². The lowest BCUT2D eigenvalue weighted by molar-refractivity contribution is -0.384. The first-order valence-electron chi connectivity index (χ1n) is 5.52. The summed E-state index contributed by atoms with van der Waals surface area (Å²) in [5.74, 6) is 0. The minimum absolute atomic E-state index is 0.0194. The van der Waals surface area contributed by atoms with Gasteiger partial charge in [0.2, 0.25) is 0 Å². The smallest absolute Gasteiger partial charge is 0.308 e. The highest BCUT2D eigenvalue weighted by molar-refractivity contribution is 5.99. The zero-order valence-corrected chi connectivity index (χ0v) is 9.87. The molecule has 0 aliphatic carbocycles. The highest BCUT2D eigenvalue weighted by Gasteiger charge is 2.06. The lowest BCUT2D eigenvalue weighted by atomic mass is 10.3. The Kier molecular flexibility index (Phi) is 3.72. The average molecular weight is 257 g/mol. The summed E-state index contributed by atoms with van der Waals surface area (Å²) >= 11 is 0. The van der Waals surface area contributed by atoms with E-state index in [9.17, 15) is 14.9 Å². The van der Waals surface area contributed by atoms with E-state index in [-0.39, 0.29) is 5.69 Å². The van der Waals surface area contributed by atoms with Gasteiger partial charge < -0.3 is 10.6 Å². The molecular weight excluding hydrogens is 246 g/mol. The minimum Gasteiger partial charge on any atom is -0.308 e. The van der Waals surface area contributed by atoms with Crippen LogP contribution in [0.25, 0.3) is 0 Å². The average Bonchev–Trinajstić information content (AvgIpc) is 2.40. The second-order valence-electron chi connectivity index (χ2n) is 3.75. The molecular formula is C13H11N3O3. The molecule has 2 aromatic rings. The van der Waals surface area contributed by atoms with Gasteiger partial charge >= 0.3 is 6.03 Å². The first-order valence-corrected chi connectivity index (χ1v) is 5.52. The van der Waals surface area contributed by atoms with Crippen molar-refractivity contribution < 1.29 is 9.72 Å². The number of nitrogens with zero attached hydrogens (tertiary/aromatic N) is 1. The maximum Gasteiger partial charge on any atom is 0.323 e. The Morgan fingerprint density at radius 2 is 1.42 bits per heavy atom. The Labute approximate surface area is 109 Å². The van der Waals surface area contributed by atoms with Crippen LogP contribution in [-0.2, 0) is 0 Å². The Morgan fingerprint density at radius 1 is 0.895 bits per heavy atom. The Morgan fingerprint density at radius 3 is 1.95 bits per heavy atom. The van der Waals surface area contributed by atoms with Crippen molar-refractivity contribution in [1.82, 2.24) is 0 Å². The predicted octanol–water partition coefficient (Wildman–Crippen LogP) is 3.24. The van der Waals surface area contributed by atoms with E-state index in [1.165, 1.54) is 24.3 Å². The summed E-state index contributed by atoms with van der Waals surface area (Å²) < 4.78 is 0. The van der Waals surface area contributed by atoms with Crippen LogP contribution < -0.4 is 10.6 Å². The van der Waals surface area contributed by atoms with Crippen LogP contribution >= 0.6 is 0 Å². The molecule has 0 unspecified atom stereocenters. The number of carbonyl (C=O) groups excluding carboxylic acids is 1. The molecule has 0 heterocycles. The van der Waals surface area contributed by atoms with Gasteiger partial charge in [-0.2, -0.15) is 0 Å². The van der Waals surface area contributed by atoms with Crippen LogP contribution in [0.5, 0.6) is 0 Å². The summed E-state index contributed by atoms with van der Waals surface area (Å²) in [7, 11) is 0. The van der Waals surface area contributed by atoms with Crippen molar-refractivity contribution in [2.45, 2.75) is 0 Å². The highest BCUT2D eigenvalue weighted by atomic mass is 16.6. The molecule has 0 saturated heterocycles. The minimum atomic E-state index is -0.492. The summed E-state index contributed by atoms with van der Waals surface area (Å²) in [6, 6.07) is 14.2. The van der Waals surface area contributed by atoms with Crippen molar-refractivity contribution in [3.05, 3.63) is 64.7 Å². The van der Waals surface area contributed by atoms with E-state index in [1.54, 1.807) is 12.1 Å². The summed E-state index contributed by atoms with van der Waals surface area (Å²) in [5, 5.41) is 15.7. The number of benzene rings is 2. The molecule has 19 heavy (non-hydrogen) atoms. The van der Waals surface area contributed by atoms with Gasteiger partial charge in [-0.05, 0) is 24.3 Å². The van der Waals surface area contributed by atoms with E-state index in [4.69, 9.17) is 0 Å². The lowest BCUT2D eigenvalue weighted by Gasteiger charge is -2.07. The molecule has 0 fully saturated rings. The van der Waals surface area contributed by atoms with E-state index >= 15 is 0 Å². The number of nitro benzene ring substituents is 1. The van der Waals surface area contributed by atoms with Crippen LogP contribution in [0, 0.1) is 10.1 Å². The van der Waals surface area contributed by atoms with Crippen molar-refractivity contribution in [2.75, 3.05) is 10.6 Å². The lowest BCUT2D eigenvalue weighted by Crippen LogP contribution is -2.19. The van der Waals surface area contributed by atoms with Gasteiger partial charge in [0.1, 0.15) is 0 Å². The molecule has 2 rings (SSSR count). The zero-order chi connectivity index (χ0) is 13.7. The van der Waals surface area contributed by atoms with Gasteiger partial charge in [-0.25, -0.2) is 4.79 Å². The monoisotopic (exact) mass is 257 g/mol. The molecule has 0 radical (unpaired) electrons. The number of urea groups is 1. The van der Waals surface area contributed by atoms with Gasteiger partial charge in [-0.3, -0.25) is 10.1 Å². The van der Waals surface area contributed by atoms with Crippen molar-refractivity contribution >= 4 is 23.1 Å². The topological polar surface area (TPSA) is 84.3 Å². The maximum atomic E-state index is 11.6. The molecule has 0 atom stereocenters. The van der Waals surface area contributed by atoms with Crippen LogP contribution in [0.2, 0.25) is 0 Å². The molecule has 96 valence electrons. The third-order valence-electron chi connectivity index (χ3n) is 2.37. The van der Waals surface area contributed by atoms with Gasteiger partial charge in [0, 0.05) is 23.5 Å². The standard InChI is InChI=1S/C13H11N3O3/c17-13(14-10-4-2-1-3-5-10)15-11-6-8-12(9-7-11)16(18)19/h1-9H,(H2,14,15,17). The van der Waals surface area contributed by atoms with Gasteiger partial charge in [0.05, 0.1) is 4.92 Å². The number of nitrogens with one attached hydrogen (secondary N) is 2. The number of carbonyl (C=O) groups is 1. The molecule has 2 amide bonds. The van der Waals surface area contributed by atoms with Crippen molar-refractivity contribution in [2.24, 2.45) is 0 Å². The van der Waals surface area contributed by atoms with E-state index in [0.29, 0.717) is 11.4 Å². The van der Waals surface area contributed by atoms with Gasteiger partial charge in [-0.1, -0.05) is 18.2 Å². The second kappa shape index (κ2) is 5.63. The molecule has 0 spiro atoms. The van der Waals surface area contributed by atoms with Gasteiger partial charge in [-0.15, -0.1) is 0 Å². The quantitative estimate of drug-likeness (QED) is 0.653. The highest BCUT2D eigenvalue weighted by Crippen LogP contribution is 2.15. The number of non-ortho nitro benzene ring substituents is 1. The predicted molar refractivity (Wildman–Crippen MR) is 72.2 cm³/mol. The van der Waals surface area contributed by atoms with Crippen LogP contribution in [0.15, 0.2) is 54.6 Å². The summed E-state index contributed by atoms with van der Waals surface area (Å²) in [6.07, 6.45) is 0. The van der Waals surface area contributed by atoms with Gasteiger partial charge in [0.25, 0.3) is 5.69 Å². The first kappa shape index (κ1) is 12.6. The van der Waals surface area contributed by atoms with Crippen molar-refractivity contribution in [3.63, 3.8) is 0 Å². The molecule has 0 bridgehead atoms. The SMILES string of the molecule is O=C(Nc1ccccc1)Nc1ccc([N+](=O)[O-])cc1.